The highest BCUT2D eigenvalue weighted by atomic mass is 32.2. The van der Waals surface area contributed by atoms with Crippen LogP contribution >= 0.6 is 0 Å². The van der Waals surface area contributed by atoms with Crippen LogP contribution < -0.4 is 9.44 Å². The summed E-state index contributed by atoms with van der Waals surface area (Å²) in [7, 11) is -9.85. The fraction of sp³-hybridized carbons (Fsp3) is 1.00. The lowest BCUT2D eigenvalue weighted by Gasteiger charge is -2.32. The van der Waals surface area contributed by atoms with Gasteiger partial charge in [0.2, 0.25) is 16.0 Å². The van der Waals surface area contributed by atoms with Crippen LogP contribution in [-0.2, 0) is 20.0 Å². The maximum Gasteiger partial charge on any atom is 0.511 e. The summed E-state index contributed by atoms with van der Waals surface area (Å²) in [6, 6.07) is -4.07. The van der Waals surface area contributed by atoms with E-state index in [9.17, 15) is 34.4 Å². The molecule has 0 amide bonds. The predicted octanol–water partition coefficient (Wildman–Crippen LogP) is 0.583. The molecule has 2 atom stereocenters. The van der Waals surface area contributed by atoms with Gasteiger partial charge in [0.15, 0.2) is 0 Å². The molecule has 12 heteroatoms. The minimum Gasteiger partial charge on any atom is -0.232 e. The lowest BCUT2D eigenvalue weighted by Crippen LogP contribution is -2.55. The van der Waals surface area contributed by atoms with Crippen LogP contribution in [0.1, 0.15) is 25.7 Å². The van der Waals surface area contributed by atoms with Gasteiger partial charge in [0.05, 0.1) is 0 Å². The Morgan fingerprint density at radius 1 is 0.950 bits per heavy atom. The van der Waals surface area contributed by atoms with Crippen LogP contribution in [0.2, 0.25) is 0 Å². The topological polar surface area (TPSA) is 92.3 Å². The van der Waals surface area contributed by atoms with Crippen molar-refractivity contribution in [2.45, 2.75) is 43.3 Å². The molecule has 0 aromatic heterocycles. The van der Waals surface area contributed by atoms with E-state index in [0.717, 1.165) is 0 Å². The van der Waals surface area contributed by atoms with E-state index in [-0.39, 0.29) is 12.8 Å². The standard InChI is InChI=1S/C8H14F4N2O4S2/c9-5-19(15,16)13-6-3-1-2-4-7(6)14-20(17,18)8(10,11)12/h6-7,13-14H,1-5H2. The fourth-order valence-electron chi connectivity index (χ4n) is 1.94. The molecule has 0 aliphatic heterocycles. The summed E-state index contributed by atoms with van der Waals surface area (Å²) in [5.74, 6) is 0. The minimum absolute atomic E-state index is 0.0365. The van der Waals surface area contributed by atoms with Gasteiger partial charge in [-0.05, 0) is 12.8 Å². The number of sulfonamides is 2. The lowest BCUT2D eigenvalue weighted by atomic mass is 9.92. The average molecular weight is 342 g/mol. The first kappa shape index (κ1) is 17.6. The van der Waals surface area contributed by atoms with Crippen LogP contribution in [0.15, 0.2) is 0 Å². The van der Waals surface area contributed by atoms with Gasteiger partial charge in [0.1, 0.15) is 0 Å². The van der Waals surface area contributed by atoms with Crippen molar-refractivity contribution in [3.63, 3.8) is 0 Å². The van der Waals surface area contributed by atoms with Crippen molar-refractivity contribution in [2.75, 3.05) is 6.01 Å². The van der Waals surface area contributed by atoms with E-state index in [1.165, 1.54) is 4.72 Å². The molecule has 2 N–H and O–H groups in total. The third-order valence-corrected chi connectivity index (χ3v) is 5.02. The highest BCUT2D eigenvalue weighted by Crippen LogP contribution is 2.26. The molecule has 6 nitrogen and oxygen atoms in total. The summed E-state index contributed by atoms with van der Waals surface area (Å²) >= 11 is 0. The van der Waals surface area contributed by atoms with Gasteiger partial charge in [0, 0.05) is 12.1 Å². The Bertz CT molecular complexity index is 531. The van der Waals surface area contributed by atoms with E-state index < -0.39 is 43.6 Å². The highest BCUT2D eigenvalue weighted by Gasteiger charge is 2.48. The van der Waals surface area contributed by atoms with Gasteiger partial charge in [-0.3, -0.25) is 0 Å². The maximum absolute atomic E-state index is 12.3. The quantitative estimate of drug-likeness (QED) is 0.715. The van der Waals surface area contributed by atoms with Crippen molar-refractivity contribution in [3.8, 4) is 0 Å². The van der Waals surface area contributed by atoms with Gasteiger partial charge in [-0.2, -0.15) is 13.2 Å². The van der Waals surface area contributed by atoms with Gasteiger partial charge in [0.25, 0.3) is 0 Å². The molecule has 1 rings (SSSR count). The predicted molar refractivity (Wildman–Crippen MR) is 62.2 cm³/mol. The van der Waals surface area contributed by atoms with Gasteiger partial charge >= 0.3 is 15.5 Å². The SMILES string of the molecule is O=S(=O)(CF)NC1CCCCC1NS(=O)(=O)C(F)(F)F. The molecule has 0 bridgehead atoms. The van der Waals surface area contributed by atoms with E-state index in [1.54, 1.807) is 0 Å². The van der Waals surface area contributed by atoms with Gasteiger partial charge < -0.3 is 0 Å². The number of hydrogen-bond acceptors (Lipinski definition) is 4. The Labute approximate surface area is 114 Å². The van der Waals surface area contributed by atoms with Crippen LogP contribution in [0.5, 0.6) is 0 Å². The van der Waals surface area contributed by atoms with E-state index in [0.29, 0.717) is 12.8 Å². The third-order valence-electron chi connectivity index (χ3n) is 2.85. The Morgan fingerprint density at radius 2 is 1.40 bits per heavy atom. The number of alkyl halides is 4. The molecule has 1 fully saturated rings. The minimum atomic E-state index is -5.57. The molecule has 1 aliphatic carbocycles. The van der Waals surface area contributed by atoms with E-state index in [1.807, 2.05) is 4.72 Å². The van der Waals surface area contributed by atoms with Crippen molar-refractivity contribution in [1.29, 1.82) is 0 Å². The fourth-order valence-corrected chi connectivity index (χ4v) is 3.56. The van der Waals surface area contributed by atoms with Crippen molar-refractivity contribution in [2.24, 2.45) is 0 Å². The molecular weight excluding hydrogens is 328 g/mol. The normalized spacial score (nSPS) is 25.6. The molecule has 0 radical (unpaired) electrons. The number of nitrogens with one attached hydrogen (secondary N) is 2. The molecule has 120 valence electrons. The van der Waals surface area contributed by atoms with Crippen LogP contribution in [0.4, 0.5) is 17.6 Å². The second kappa shape index (κ2) is 6.12. The molecule has 1 saturated carbocycles. The molecule has 1 aliphatic rings. The number of halogens is 4. The summed E-state index contributed by atoms with van der Waals surface area (Å²) in [4.78, 5) is 0. The van der Waals surface area contributed by atoms with Crippen molar-refractivity contribution in [3.05, 3.63) is 0 Å². The van der Waals surface area contributed by atoms with Crippen molar-refractivity contribution >= 4 is 20.0 Å². The zero-order valence-corrected chi connectivity index (χ0v) is 11.8. The Morgan fingerprint density at radius 3 is 1.80 bits per heavy atom. The van der Waals surface area contributed by atoms with Gasteiger partial charge in [-0.1, -0.05) is 12.8 Å². The van der Waals surface area contributed by atoms with Crippen LogP contribution in [0.3, 0.4) is 0 Å². The smallest absolute Gasteiger partial charge is 0.232 e. The van der Waals surface area contributed by atoms with Crippen LogP contribution in [0, 0.1) is 0 Å². The molecule has 2 unspecified atom stereocenters. The molecule has 0 aromatic rings. The monoisotopic (exact) mass is 342 g/mol. The molecule has 0 spiro atoms. The molecule has 20 heavy (non-hydrogen) atoms. The zero-order valence-electron chi connectivity index (χ0n) is 10.2. The molecule has 0 heterocycles. The van der Waals surface area contributed by atoms with Crippen LogP contribution in [0.25, 0.3) is 0 Å². The summed E-state index contributed by atoms with van der Waals surface area (Å²) < 4.78 is 96.5. The van der Waals surface area contributed by atoms with E-state index in [4.69, 9.17) is 0 Å². The second-order valence-corrected chi connectivity index (χ2v) is 7.80. The van der Waals surface area contributed by atoms with Gasteiger partial charge in [-0.25, -0.2) is 30.7 Å². The first-order valence-corrected chi connectivity index (χ1v) is 8.76. The highest BCUT2D eigenvalue weighted by molar-refractivity contribution is 7.90. The number of rotatable bonds is 5. The largest absolute Gasteiger partial charge is 0.511 e. The Hall–Kier alpha value is -0.460. The maximum atomic E-state index is 12.3. The summed E-state index contributed by atoms with van der Waals surface area (Å²) in [6.07, 6.45) is 1.11. The number of hydrogen-bond donors (Lipinski definition) is 2. The Kier molecular flexibility index (Phi) is 5.38. The van der Waals surface area contributed by atoms with Crippen LogP contribution in [-0.4, -0.2) is 40.4 Å². The third kappa shape index (κ3) is 4.53. The average Bonchev–Trinajstić information content (AvgIpc) is 2.29. The van der Waals surface area contributed by atoms with Crippen molar-refractivity contribution < 1.29 is 34.4 Å². The Balaban J connectivity index is 2.86. The first-order valence-electron chi connectivity index (χ1n) is 5.63. The van der Waals surface area contributed by atoms with E-state index >= 15 is 0 Å². The van der Waals surface area contributed by atoms with Crippen molar-refractivity contribution in [1.82, 2.24) is 9.44 Å². The summed E-state index contributed by atoms with van der Waals surface area (Å²) in [6.45, 7) is 0. The molecular formula is C8H14F4N2O4S2. The summed E-state index contributed by atoms with van der Waals surface area (Å²) in [5.41, 5.74) is -5.48. The zero-order chi connectivity index (χ0) is 15.6. The first-order chi connectivity index (χ1) is 8.98. The van der Waals surface area contributed by atoms with E-state index in [2.05, 4.69) is 0 Å². The lowest BCUT2D eigenvalue weighted by molar-refractivity contribution is -0.0452. The summed E-state index contributed by atoms with van der Waals surface area (Å²) in [5, 5.41) is 0. The molecule has 0 saturated heterocycles. The van der Waals surface area contributed by atoms with Gasteiger partial charge in [-0.15, -0.1) is 0 Å². The molecule has 0 aromatic carbocycles. The second-order valence-electron chi connectivity index (χ2n) is 4.41.